The molecule has 1 amide bonds. The van der Waals surface area contributed by atoms with Gasteiger partial charge in [0, 0.05) is 10.2 Å². The van der Waals surface area contributed by atoms with E-state index < -0.39 is 32.4 Å². The van der Waals surface area contributed by atoms with Crippen molar-refractivity contribution in [3.05, 3.63) is 58.1 Å². The van der Waals surface area contributed by atoms with Gasteiger partial charge in [-0.2, -0.15) is 0 Å². The number of amides is 1. The van der Waals surface area contributed by atoms with Gasteiger partial charge in [0.1, 0.15) is 4.75 Å². The molecule has 0 aliphatic carbocycles. The highest BCUT2D eigenvalue weighted by Crippen LogP contribution is 2.28. The van der Waals surface area contributed by atoms with E-state index in [1.54, 1.807) is 12.1 Å². The van der Waals surface area contributed by atoms with E-state index >= 15 is 0 Å². The first kappa shape index (κ1) is 23.6. The maximum Gasteiger partial charge on any atom is 0.337 e. The number of benzene rings is 2. The summed E-state index contributed by atoms with van der Waals surface area (Å²) >= 11 is 3.23. The van der Waals surface area contributed by atoms with Crippen molar-refractivity contribution in [2.45, 2.75) is 23.5 Å². The van der Waals surface area contributed by atoms with Gasteiger partial charge in [-0.05, 0) is 56.3 Å². The van der Waals surface area contributed by atoms with Gasteiger partial charge in [-0.3, -0.25) is 4.79 Å². The standard InChI is InChI=1S/C20H20BrNO7S/c1-20(2,30(26,27)16-7-5-14(21)6-8-16)19(25)22-15-10-12(17(23)28-3)9-13(11-15)18(24)29-4/h5-11H,1-4H3,(H,22,25). The van der Waals surface area contributed by atoms with Crippen molar-refractivity contribution in [2.75, 3.05) is 19.5 Å². The smallest absolute Gasteiger partial charge is 0.337 e. The second kappa shape index (κ2) is 8.97. The molecular weight excluding hydrogens is 478 g/mol. The minimum atomic E-state index is -4.05. The van der Waals surface area contributed by atoms with Crippen molar-refractivity contribution in [1.82, 2.24) is 0 Å². The van der Waals surface area contributed by atoms with E-state index in [0.717, 1.165) is 0 Å². The summed E-state index contributed by atoms with van der Waals surface area (Å²) in [6.07, 6.45) is 0. The molecule has 8 nitrogen and oxygen atoms in total. The summed E-state index contributed by atoms with van der Waals surface area (Å²) < 4.78 is 34.2. The average molecular weight is 498 g/mol. The Bertz CT molecular complexity index is 1060. The number of rotatable bonds is 6. The largest absolute Gasteiger partial charge is 0.465 e. The number of nitrogens with one attached hydrogen (secondary N) is 1. The molecule has 0 bridgehead atoms. The van der Waals surface area contributed by atoms with Crippen molar-refractivity contribution in [3.63, 3.8) is 0 Å². The maximum atomic E-state index is 13.0. The second-order valence-electron chi connectivity index (χ2n) is 6.70. The van der Waals surface area contributed by atoms with E-state index in [4.69, 9.17) is 0 Å². The molecule has 10 heteroatoms. The lowest BCUT2D eigenvalue weighted by atomic mass is 10.1. The first-order valence-corrected chi connectivity index (χ1v) is 10.8. The van der Waals surface area contributed by atoms with Crippen LogP contribution in [-0.4, -0.2) is 45.2 Å². The lowest BCUT2D eigenvalue weighted by Crippen LogP contribution is -2.44. The molecule has 2 rings (SSSR count). The Kier molecular flexibility index (Phi) is 7.04. The third kappa shape index (κ3) is 4.71. The molecule has 0 unspecified atom stereocenters. The first-order chi connectivity index (χ1) is 13.9. The Morgan fingerprint density at radius 1 is 0.900 bits per heavy atom. The Morgan fingerprint density at radius 2 is 1.37 bits per heavy atom. The van der Waals surface area contributed by atoms with Crippen LogP contribution in [0.3, 0.4) is 0 Å². The van der Waals surface area contributed by atoms with Gasteiger partial charge in [-0.15, -0.1) is 0 Å². The molecule has 0 radical (unpaired) electrons. The normalized spacial score (nSPS) is 11.5. The van der Waals surface area contributed by atoms with Crippen LogP contribution in [0.2, 0.25) is 0 Å². The highest BCUT2D eigenvalue weighted by Gasteiger charge is 2.43. The van der Waals surface area contributed by atoms with Gasteiger partial charge in [0.15, 0.2) is 9.84 Å². The number of anilines is 1. The summed E-state index contributed by atoms with van der Waals surface area (Å²) in [5, 5.41) is 2.47. The Morgan fingerprint density at radius 3 is 1.80 bits per heavy atom. The van der Waals surface area contributed by atoms with E-state index in [9.17, 15) is 22.8 Å². The third-order valence-electron chi connectivity index (χ3n) is 4.38. The van der Waals surface area contributed by atoms with Gasteiger partial charge in [0.2, 0.25) is 5.91 Å². The quantitative estimate of drug-likeness (QED) is 0.608. The molecule has 0 spiro atoms. The van der Waals surface area contributed by atoms with Crippen LogP contribution in [0.5, 0.6) is 0 Å². The van der Waals surface area contributed by atoms with Crippen LogP contribution in [0.1, 0.15) is 34.6 Å². The zero-order chi connectivity index (χ0) is 22.7. The predicted molar refractivity (Wildman–Crippen MR) is 113 cm³/mol. The van der Waals surface area contributed by atoms with Crippen LogP contribution in [-0.2, 0) is 24.1 Å². The fraction of sp³-hybridized carbons (Fsp3) is 0.250. The number of carbonyl (C=O) groups is 3. The summed E-state index contributed by atoms with van der Waals surface area (Å²) in [4.78, 5) is 36.7. The lowest BCUT2D eigenvalue weighted by molar-refractivity contribution is -0.117. The fourth-order valence-electron chi connectivity index (χ4n) is 2.48. The average Bonchev–Trinajstić information content (AvgIpc) is 2.72. The molecule has 0 fully saturated rings. The van der Waals surface area contributed by atoms with E-state index in [1.165, 1.54) is 58.4 Å². The van der Waals surface area contributed by atoms with Crippen molar-refractivity contribution in [3.8, 4) is 0 Å². The molecular formula is C20H20BrNO7S. The molecule has 160 valence electrons. The van der Waals surface area contributed by atoms with Gasteiger partial charge >= 0.3 is 11.9 Å². The zero-order valence-electron chi connectivity index (χ0n) is 16.7. The summed E-state index contributed by atoms with van der Waals surface area (Å²) in [6, 6.07) is 9.70. The number of hydrogen-bond acceptors (Lipinski definition) is 7. The van der Waals surface area contributed by atoms with Crippen molar-refractivity contribution in [1.29, 1.82) is 0 Å². The first-order valence-electron chi connectivity index (χ1n) is 8.57. The Balaban J connectivity index is 2.43. The fourth-order valence-corrected chi connectivity index (χ4v) is 4.13. The number of ether oxygens (including phenoxy) is 2. The molecule has 0 aliphatic heterocycles. The molecule has 0 saturated carbocycles. The monoisotopic (exact) mass is 497 g/mol. The summed E-state index contributed by atoms with van der Waals surface area (Å²) in [5.74, 6) is -2.32. The molecule has 0 aliphatic rings. The van der Waals surface area contributed by atoms with Crippen molar-refractivity contribution < 1.29 is 32.3 Å². The molecule has 0 saturated heterocycles. The molecule has 0 heterocycles. The van der Waals surface area contributed by atoms with E-state index in [-0.39, 0.29) is 21.7 Å². The summed E-state index contributed by atoms with van der Waals surface area (Å²) in [6.45, 7) is 2.54. The van der Waals surface area contributed by atoms with E-state index in [2.05, 4.69) is 30.7 Å². The zero-order valence-corrected chi connectivity index (χ0v) is 19.1. The van der Waals surface area contributed by atoms with Crippen LogP contribution in [0.25, 0.3) is 0 Å². The lowest BCUT2D eigenvalue weighted by Gasteiger charge is -2.24. The van der Waals surface area contributed by atoms with Crippen molar-refractivity contribution in [2.24, 2.45) is 0 Å². The number of halogens is 1. The van der Waals surface area contributed by atoms with E-state index in [1.807, 2.05) is 0 Å². The minimum Gasteiger partial charge on any atom is -0.465 e. The Labute approximate surface area is 182 Å². The van der Waals surface area contributed by atoms with Crippen molar-refractivity contribution >= 4 is 49.3 Å². The van der Waals surface area contributed by atoms with Crippen LogP contribution < -0.4 is 5.32 Å². The van der Waals surface area contributed by atoms with Gasteiger partial charge < -0.3 is 14.8 Å². The Hall–Kier alpha value is -2.72. The highest BCUT2D eigenvalue weighted by atomic mass is 79.9. The number of sulfone groups is 1. The third-order valence-corrected chi connectivity index (χ3v) is 7.33. The van der Waals surface area contributed by atoms with E-state index in [0.29, 0.717) is 4.47 Å². The number of esters is 2. The van der Waals surface area contributed by atoms with Gasteiger partial charge in [0.05, 0.1) is 30.2 Å². The number of methoxy groups -OCH3 is 2. The molecule has 0 atom stereocenters. The molecule has 0 aromatic heterocycles. The topological polar surface area (TPSA) is 116 Å². The van der Waals surface area contributed by atoms with Crippen LogP contribution in [0, 0.1) is 0 Å². The number of hydrogen-bond donors (Lipinski definition) is 1. The van der Waals surface area contributed by atoms with Crippen LogP contribution in [0.4, 0.5) is 5.69 Å². The molecule has 30 heavy (non-hydrogen) atoms. The molecule has 1 N–H and O–H groups in total. The van der Waals surface area contributed by atoms with Gasteiger partial charge in [-0.25, -0.2) is 18.0 Å². The SMILES string of the molecule is COC(=O)c1cc(NC(=O)C(C)(C)S(=O)(=O)c2ccc(Br)cc2)cc(C(=O)OC)c1. The second-order valence-corrected chi connectivity index (χ2v) is 10.1. The minimum absolute atomic E-state index is 0.00993. The van der Waals surface area contributed by atoms with Gasteiger partial charge in [-0.1, -0.05) is 15.9 Å². The molecule has 2 aromatic carbocycles. The highest BCUT2D eigenvalue weighted by molar-refractivity contribution is 9.10. The van der Waals surface area contributed by atoms with Crippen LogP contribution in [0.15, 0.2) is 51.8 Å². The number of carbonyl (C=O) groups excluding carboxylic acids is 3. The predicted octanol–water partition coefficient (Wildman–Crippen LogP) is 3.21. The van der Waals surface area contributed by atoms with Gasteiger partial charge in [0.25, 0.3) is 0 Å². The molecule has 2 aromatic rings. The maximum absolute atomic E-state index is 13.0. The van der Waals surface area contributed by atoms with Crippen LogP contribution >= 0.6 is 15.9 Å². The summed E-state index contributed by atoms with van der Waals surface area (Å²) in [7, 11) is -1.72. The summed E-state index contributed by atoms with van der Waals surface area (Å²) in [5.41, 5.74) is 0.0240.